The lowest BCUT2D eigenvalue weighted by molar-refractivity contribution is 0.714. The Morgan fingerprint density at radius 2 is 2.36 bits per heavy atom. The Labute approximate surface area is 94.7 Å². The molecule has 0 unspecified atom stereocenters. The van der Waals surface area contributed by atoms with Crippen LogP contribution in [0.25, 0.3) is 10.6 Å². The van der Waals surface area contributed by atoms with Crippen LogP contribution in [-0.2, 0) is 13.6 Å². The molecular weight excluding hydrogens is 262 g/mol. The number of nitrogens with zero attached hydrogens (tertiary/aromatic N) is 2. The maximum absolute atomic E-state index is 5.58. The molecule has 14 heavy (non-hydrogen) atoms. The van der Waals surface area contributed by atoms with E-state index in [9.17, 15) is 0 Å². The molecule has 0 amide bonds. The van der Waals surface area contributed by atoms with Crippen LogP contribution in [0.4, 0.5) is 0 Å². The maximum Gasteiger partial charge on any atom is 0.103 e. The molecule has 0 atom stereocenters. The number of halogens is 1. The average molecular weight is 272 g/mol. The molecular formula is C9H10BrN3S. The lowest BCUT2D eigenvalue weighted by atomic mass is 10.3. The summed E-state index contributed by atoms with van der Waals surface area (Å²) in [5.41, 5.74) is 7.62. The third-order valence-electron chi connectivity index (χ3n) is 2.01. The summed E-state index contributed by atoms with van der Waals surface area (Å²) in [6.45, 7) is 0.524. The molecule has 0 aromatic carbocycles. The molecule has 3 nitrogen and oxygen atoms in total. The molecule has 2 aromatic rings. The van der Waals surface area contributed by atoms with Gasteiger partial charge in [0, 0.05) is 23.4 Å². The first kappa shape index (κ1) is 9.89. The third-order valence-corrected chi connectivity index (χ3v) is 3.72. The van der Waals surface area contributed by atoms with Crippen LogP contribution in [0, 0.1) is 0 Å². The fourth-order valence-electron chi connectivity index (χ4n) is 1.26. The van der Waals surface area contributed by atoms with Crippen LogP contribution in [0.3, 0.4) is 0 Å². The summed E-state index contributed by atoms with van der Waals surface area (Å²) < 4.78 is 2.92. The van der Waals surface area contributed by atoms with Crippen molar-refractivity contribution in [2.75, 3.05) is 0 Å². The highest BCUT2D eigenvalue weighted by Gasteiger charge is 2.07. The summed E-state index contributed by atoms with van der Waals surface area (Å²) in [6, 6.07) is 4.09. The van der Waals surface area contributed by atoms with Crippen LogP contribution in [0.5, 0.6) is 0 Å². The standard InChI is InChI=1S/C9H10BrN3S/c1-13-7(4-11)3-8(12-13)9-2-6(10)5-14-9/h2-3,5H,4,11H2,1H3. The first-order chi connectivity index (χ1) is 6.70. The fourth-order valence-corrected chi connectivity index (χ4v) is 2.65. The highest BCUT2D eigenvalue weighted by atomic mass is 79.9. The Morgan fingerprint density at radius 3 is 2.86 bits per heavy atom. The summed E-state index contributed by atoms with van der Waals surface area (Å²) in [6.07, 6.45) is 0. The monoisotopic (exact) mass is 271 g/mol. The predicted octanol–water partition coefficient (Wildman–Crippen LogP) is 2.37. The van der Waals surface area contributed by atoms with Crippen LogP contribution < -0.4 is 5.73 Å². The Balaban J connectivity index is 2.42. The molecule has 0 radical (unpaired) electrons. The molecule has 0 saturated carbocycles. The van der Waals surface area contributed by atoms with E-state index < -0.39 is 0 Å². The number of nitrogens with two attached hydrogens (primary N) is 1. The highest BCUT2D eigenvalue weighted by molar-refractivity contribution is 9.10. The molecule has 0 fully saturated rings. The molecule has 2 rings (SSSR count). The van der Waals surface area contributed by atoms with Crippen LogP contribution in [0.1, 0.15) is 5.69 Å². The molecule has 2 aromatic heterocycles. The topological polar surface area (TPSA) is 43.8 Å². The van der Waals surface area contributed by atoms with Gasteiger partial charge in [0.1, 0.15) is 5.69 Å². The lowest BCUT2D eigenvalue weighted by Gasteiger charge is -1.93. The maximum atomic E-state index is 5.58. The van der Waals surface area contributed by atoms with Crippen molar-refractivity contribution in [2.24, 2.45) is 12.8 Å². The van der Waals surface area contributed by atoms with Crippen molar-refractivity contribution >= 4 is 27.3 Å². The molecule has 0 aliphatic rings. The molecule has 0 spiro atoms. The number of aromatic nitrogens is 2. The van der Waals surface area contributed by atoms with Gasteiger partial charge in [-0.2, -0.15) is 5.10 Å². The molecule has 0 saturated heterocycles. The summed E-state index contributed by atoms with van der Waals surface area (Å²) in [5, 5.41) is 6.44. The zero-order chi connectivity index (χ0) is 10.1. The molecule has 0 aliphatic carbocycles. The van der Waals surface area contributed by atoms with Crippen molar-refractivity contribution in [1.82, 2.24) is 9.78 Å². The second-order valence-electron chi connectivity index (χ2n) is 2.98. The molecule has 74 valence electrons. The van der Waals surface area contributed by atoms with E-state index in [-0.39, 0.29) is 0 Å². The number of hydrogen-bond acceptors (Lipinski definition) is 3. The number of aryl methyl sites for hydroxylation is 1. The predicted molar refractivity (Wildman–Crippen MR) is 62.1 cm³/mol. The van der Waals surface area contributed by atoms with E-state index >= 15 is 0 Å². The van der Waals surface area contributed by atoms with Crippen molar-refractivity contribution in [3.63, 3.8) is 0 Å². The summed E-state index contributed by atoms with van der Waals surface area (Å²) in [4.78, 5) is 1.16. The van der Waals surface area contributed by atoms with Crippen LogP contribution in [0.2, 0.25) is 0 Å². The van der Waals surface area contributed by atoms with E-state index in [4.69, 9.17) is 5.73 Å². The van der Waals surface area contributed by atoms with Gasteiger partial charge in [0.25, 0.3) is 0 Å². The van der Waals surface area contributed by atoms with Gasteiger partial charge >= 0.3 is 0 Å². The largest absolute Gasteiger partial charge is 0.325 e. The smallest absolute Gasteiger partial charge is 0.103 e. The SMILES string of the molecule is Cn1nc(-c2cc(Br)cs2)cc1CN. The number of rotatable bonds is 2. The summed E-state index contributed by atoms with van der Waals surface area (Å²) in [7, 11) is 1.91. The zero-order valence-corrected chi connectivity index (χ0v) is 10.1. The number of hydrogen-bond donors (Lipinski definition) is 1. The van der Waals surface area contributed by atoms with Gasteiger partial charge in [-0.05, 0) is 28.1 Å². The van der Waals surface area contributed by atoms with Gasteiger partial charge in [-0.3, -0.25) is 4.68 Å². The lowest BCUT2D eigenvalue weighted by Crippen LogP contribution is -2.03. The zero-order valence-electron chi connectivity index (χ0n) is 7.70. The third kappa shape index (κ3) is 1.75. The van der Waals surface area contributed by atoms with Gasteiger partial charge in [0.2, 0.25) is 0 Å². The Kier molecular flexibility index (Phi) is 2.71. The Hall–Kier alpha value is -0.650. The van der Waals surface area contributed by atoms with Crippen LogP contribution in [-0.4, -0.2) is 9.78 Å². The van der Waals surface area contributed by atoms with Crippen molar-refractivity contribution < 1.29 is 0 Å². The van der Waals surface area contributed by atoms with E-state index in [0.29, 0.717) is 6.54 Å². The van der Waals surface area contributed by atoms with E-state index in [1.54, 1.807) is 11.3 Å². The minimum Gasteiger partial charge on any atom is -0.325 e. The first-order valence-corrected chi connectivity index (χ1v) is 5.85. The fraction of sp³-hybridized carbons (Fsp3) is 0.222. The Morgan fingerprint density at radius 1 is 1.57 bits per heavy atom. The first-order valence-electron chi connectivity index (χ1n) is 4.18. The van der Waals surface area contributed by atoms with Gasteiger partial charge < -0.3 is 5.73 Å². The van der Waals surface area contributed by atoms with Crippen molar-refractivity contribution in [1.29, 1.82) is 0 Å². The average Bonchev–Trinajstić information content (AvgIpc) is 2.71. The van der Waals surface area contributed by atoms with E-state index in [1.165, 1.54) is 0 Å². The highest BCUT2D eigenvalue weighted by Crippen LogP contribution is 2.29. The quantitative estimate of drug-likeness (QED) is 0.912. The second-order valence-corrected chi connectivity index (χ2v) is 4.80. The minimum absolute atomic E-state index is 0.524. The van der Waals surface area contributed by atoms with Gasteiger partial charge in [0.15, 0.2) is 0 Å². The second kappa shape index (κ2) is 3.84. The molecule has 0 aliphatic heterocycles. The van der Waals surface area contributed by atoms with E-state index in [2.05, 4.69) is 27.1 Å². The van der Waals surface area contributed by atoms with E-state index in [1.807, 2.05) is 23.2 Å². The summed E-state index contributed by atoms with van der Waals surface area (Å²) >= 11 is 5.09. The van der Waals surface area contributed by atoms with Gasteiger partial charge in [0.05, 0.1) is 10.6 Å². The van der Waals surface area contributed by atoms with Crippen LogP contribution >= 0.6 is 27.3 Å². The van der Waals surface area contributed by atoms with Gasteiger partial charge in [-0.1, -0.05) is 0 Å². The van der Waals surface area contributed by atoms with Crippen molar-refractivity contribution in [2.45, 2.75) is 6.54 Å². The molecule has 2 N–H and O–H groups in total. The molecule has 2 heterocycles. The van der Waals surface area contributed by atoms with E-state index in [0.717, 1.165) is 20.7 Å². The van der Waals surface area contributed by atoms with Gasteiger partial charge in [-0.15, -0.1) is 11.3 Å². The summed E-state index contributed by atoms with van der Waals surface area (Å²) in [5.74, 6) is 0. The number of thiophene rings is 1. The van der Waals surface area contributed by atoms with Crippen molar-refractivity contribution in [3.8, 4) is 10.6 Å². The van der Waals surface area contributed by atoms with Gasteiger partial charge in [-0.25, -0.2) is 0 Å². The molecule has 0 bridgehead atoms. The molecule has 5 heteroatoms. The van der Waals surface area contributed by atoms with Crippen molar-refractivity contribution in [3.05, 3.63) is 27.7 Å². The Bertz CT molecular complexity index is 447. The van der Waals surface area contributed by atoms with Crippen LogP contribution in [0.15, 0.2) is 22.0 Å². The normalized spacial score (nSPS) is 10.8. The minimum atomic E-state index is 0.524.